The minimum Gasteiger partial charge on any atom is -0.466 e. The number of rotatable bonds is 5. The zero-order chi connectivity index (χ0) is 26.1. The van der Waals surface area contributed by atoms with Crippen LogP contribution in [0.4, 0.5) is 10.1 Å². The van der Waals surface area contributed by atoms with Gasteiger partial charge in [-0.2, -0.15) is 0 Å². The van der Waals surface area contributed by atoms with Gasteiger partial charge >= 0.3 is 5.97 Å². The van der Waals surface area contributed by atoms with Gasteiger partial charge in [-0.15, -0.1) is 0 Å². The molecule has 2 aromatic carbocycles. The van der Waals surface area contributed by atoms with Gasteiger partial charge < -0.3 is 19.4 Å². The molecule has 10 heteroatoms. The molecule has 5 rings (SSSR count). The predicted molar refractivity (Wildman–Crippen MR) is 144 cm³/mol. The van der Waals surface area contributed by atoms with Gasteiger partial charge in [0.2, 0.25) is 5.91 Å². The second kappa shape index (κ2) is 10.6. The maximum absolute atomic E-state index is 14.2. The SMILES string of the molecule is COC(=O)C1=C(C)N=C2SC=C(CC(=O)N3CCN(c4ccccc4F)CC3)N2C1c1ccccc1Cl. The number of methoxy groups -OCH3 is 1. The molecule has 0 aliphatic carbocycles. The molecule has 2 aromatic rings. The van der Waals surface area contributed by atoms with Gasteiger partial charge in [0, 0.05) is 36.9 Å². The van der Waals surface area contributed by atoms with Crippen LogP contribution in [-0.2, 0) is 14.3 Å². The van der Waals surface area contributed by atoms with E-state index >= 15 is 0 Å². The summed E-state index contributed by atoms with van der Waals surface area (Å²) in [4.78, 5) is 36.5. The summed E-state index contributed by atoms with van der Waals surface area (Å²) in [5.74, 6) is -0.787. The molecule has 1 atom stereocenters. The summed E-state index contributed by atoms with van der Waals surface area (Å²) in [5.41, 5.74) is 2.97. The third-order valence-corrected chi connectivity index (χ3v) is 8.00. The van der Waals surface area contributed by atoms with Gasteiger partial charge in [0.1, 0.15) is 5.82 Å². The van der Waals surface area contributed by atoms with Crippen molar-refractivity contribution in [1.82, 2.24) is 9.80 Å². The third-order valence-electron chi connectivity index (χ3n) is 6.76. The van der Waals surface area contributed by atoms with E-state index in [4.69, 9.17) is 16.3 Å². The molecule has 1 unspecified atom stereocenters. The third kappa shape index (κ3) is 4.85. The molecule has 0 bridgehead atoms. The largest absolute Gasteiger partial charge is 0.466 e. The second-order valence-electron chi connectivity index (χ2n) is 8.90. The molecule has 3 heterocycles. The fraction of sp³-hybridized carbons (Fsp3) is 0.296. The lowest BCUT2D eigenvalue weighted by Gasteiger charge is -2.38. The van der Waals surface area contributed by atoms with Crippen LogP contribution in [0, 0.1) is 5.82 Å². The van der Waals surface area contributed by atoms with Crippen LogP contribution in [0.1, 0.15) is 24.9 Å². The maximum Gasteiger partial charge on any atom is 0.338 e. The number of amidine groups is 1. The van der Waals surface area contributed by atoms with E-state index in [-0.39, 0.29) is 18.1 Å². The van der Waals surface area contributed by atoms with E-state index in [1.165, 1.54) is 24.9 Å². The number of hydrogen-bond donors (Lipinski definition) is 0. The number of carbonyl (C=O) groups is 2. The highest BCUT2D eigenvalue weighted by molar-refractivity contribution is 8.16. The van der Waals surface area contributed by atoms with Gasteiger partial charge in [0.05, 0.1) is 36.5 Å². The van der Waals surface area contributed by atoms with Gasteiger partial charge in [-0.1, -0.05) is 53.7 Å². The van der Waals surface area contributed by atoms with E-state index < -0.39 is 12.0 Å². The zero-order valence-electron chi connectivity index (χ0n) is 20.5. The monoisotopic (exact) mass is 540 g/mol. The van der Waals surface area contributed by atoms with Crippen LogP contribution in [-0.4, -0.2) is 60.1 Å². The normalized spacial score (nSPS) is 19.5. The van der Waals surface area contributed by atoms with Gasteiger partial charge in [-0.25, -0.2) is 14.2 Å². The molecule has 3 aliphatic rings. The van der Waals surface area contributed by atoms with Gasteiger partial charge in [-0.05, 0) is 36.1 Å². The second-order valence-corrected chi connectivity index (χ2v) is 10.1. The van der Waals surface area contributed by atoms with E-state index in [1.54, 1.807) is 30.0 Å². The Kier molecular flexibility index (Phi) is 7.26. The first-order valence-electron chi connectivity index (χ1n) is 11.9. The number of nitrogens with zero attached hydrogens (tertiary/aromatic N) is 4. The Hall–Kier alpha value is -3.30. The summed E-state index contributed by atoms with van der Waals surface area (Å²) in [7, 11) is 1.34. The maximum atomic E-state index is 14.2. The Balaban J connectivity index is 1.36. The summed E-state index contributed by atoms with van der Waals surface area (Å²) < 4.78 is 19.3. The molecule has 0 N–H and O–H groups in total. The quantitative estimate of drug-likeness (QED) is 0.499. The number of benzene rings is 2. The summed E-state index contributed by atoms with van der Waals surface area (Å²) in [6.45, 7) is 3.87. The fourth-order valence-corrected chi connectivity index (χ4v) is 6.11. The summed E-state index contributed by atoms with van der Waals surface area (Å²) in [5, 5.41) is 3.10. The Morgan fingerprint density at radius 3 is 2.51 bits per heavy atom. The molecule has 1 fully saturated rings. The smallest absolute Gasteiger partial charge is 0.338 e. The molecule has 192 valence electrons. The van der Waals surface area contributed by atoms with Crippen molar-refractivity contribution in [1.29, 1.82) is 0 Å². The topological polar surface area (TPSA) is 65.5 Å². The van der Waals surface area contributed by atoms with Gasteiger partial charge in [-0.3, -0.25) is 4.79 Å². The highest BCUT2D eigenvalue weighted by Crippen LogP contribution is 2.46. The first kappa shape index (κ1) is 25.4. The first-order valence-corrected chi connectivity index (χ1v) is 13.2. The van der Waals surface area contributed by atoms with Crippen molar-refractivity contribution in [2.75, 3.05) is 38.2 Å². The summed E-state index contributed by atoms with van der Waals surface area (Å²) in [6, 6.07) is 13.5. The van der Waals surface area contributed by atoms with Crippen LogP contribution in [0.15, 0.2) is 75.9 Å². The molecule has 0 radical (unpaired) electrons. The number of fused-ring (bicyclic) bond motifs is 1. The number of thioether (sulfide) groups is 1. The molecule has 3 aliphatic heterocycles. The predicted octanol–water partition coefficient (Wildman–Crippen LogP) is 4.97. The number of aliphatic imine (C=N–C) groups is 1. The van der Waals surface area contributed by atoms with Crippen molar-refractivity contribution in [3.05, 3.63) is 87.3 Å². The molecule has 7 nitrogen and oxygen atoms in total. The number of anilines is 1. The lowest BCUT2D eigenvalue weighted by atomic mass is 9.93. The van der Waals surface area contributed by atoms with Crippen LogP contribution >= 0.6 is 23.4 Å². The number of ether oxygens (including phenoxy) is 1. The van der Waals surface area contributed by atoms with Crippen LogP contribution in [0.5, 0.6) is 0 Å². The van der Waals surface area contributed by atoms with Crippen LogP contribution in [0.2, 0.25) is 5.02 Å². The van der Waals surface area contributed by atoms with Crippen LogP contribution < -0.4 is 4.90 Å². The van der Waals surface area contributed by atoms with Gasteiger partial charge in [0.25, 0.3) is 0 Å². The molecule has 0 aromatic heterocycles. The average molecular weight is 541 g/mol. The Bertz CT molecular complexity index is 1340. The molecule has 1 saturated heterocycles. The minimum atomic E-state index is -0.569. The Morgan fingerprint density at radius 2 is 1.81 bits per heavy atom. The van der Waals surface area contributed by atoms with Crippen molar-refractivity contribution in [2.45, 2.75) is 19.4 Å². The molecule has 37 heavy (non-hydrogen) atoms. The number of allylic oxidation sites excluding steroid dienone is 1. The first-order chi connectivity index (χ1) is 17.9. The lowest BCUT2D eigenvalue weighted by molar-refractivity contribution is -0.136. The Labute approximate surface area is 224 Å². The van der Waals surface area contributed by atoms with E-state index in [0.717, 1.165) is 11.3 Å². The van der Waals surface area contributed by atoms with Crippen molar-refractivity contribution in [3.8, 4) is 0 Å². The van der Waals surface area contributed by atoms with Crippen LogP contribution in [0.25, 0.3) is 0 Å². The van der Waals surface area contributed by atoms with E-state index in [1.807, 2.05) is 39.5 Å². The van der Waals surface area contributed by atoms with Crippen LogP contribution in [0.3, 0.4) is 0 Å². The number of esters is 1. The van der Waals surface area contributed by atoms with Gasteiger partial charge in [0.15, 0.2) is 5.17 Å². The molecule has 0 saturated carbocycles. The number of halogens is 2. The summed E-state index contributed by atoms with van der Waals surface area (Å²) in [6.07, 6.45) is 0.139. The zero-order valence-corrected chi connectivity index (χ0v) is 22.1. The van der Waals surface area contributed by atoms with E-state index in [2.05, 4.69) is 4.99 Å². The lowest BCUT2D eigenvalue weighted by Crippen LogP contribution is -2.49. The standard InChI is InChI=1S/C27H26ClFN4O3S/c1-17-24(26(35)36-2)25(19-7-3-4-8-20(19)28)33-18(16-37-27(33)30-17)15-23(34)32-13-11-31(12-14-32)22-10-6-5-9-21(22)29/h3-10,16,25H,11-15H2,1-2H3. The fourth-order valence-electron chi connectivity index (χ4n) is 4.90. The molecular weight excluding hydrogens is 515 g/mol. The minimum absolute atomic E-state index is 0.0370. The van der Waals surface area contributed by atoms with E-state index in [9.17, 15) is 14.0 Å². The average Bonchev–Trinajstić information content (AvgIpc) is 3.30. The number of hydrogen-bond acceptors (Lipinski definition) is 7. The summed E-state index contributed by atoms with van der Waals surface area (Å²) >= 11 is 8.00. The van der Waals surface area contributed by atoms with Crippen molar-refractivity contribution in [3.63, 3.8) is 0 Å². The number of piperazine rings is 1. The van der Waals surface area contributed by atoms with Crippen molar-refractivity contribution in [2.24, 2.45) is 4.99 Å². The molecular formula is C27H26ClFN4O3S. The van der Waals surface area contributed by atoms with E-state index in [0.29, 0.717) is 53.3 Å². The molecule has 1 amide bonds. The number of para-hydroxylation sites is 1. The van der Waals surface area contributed by atoms with Crippen molar-refractivity contribution >= 4 is 46.1 Å². The number of carbonyl (C=O) groups excluding carboxylic acids is 2. The number of amides is 1. The highest BCUT2D eigenvalue weighted by atomic mass is 35.5. The molecule has 0 spiro atoms. The highest BCUT2D eigenvalue weighted by Gasteiger charge is 2.42. The Morgan fingerprint density at radius 1 is 1.11 bits per heavy atom. The van der Waals surface area contributed by atoms with Crippen molar-refractivity contribution < 1.29 is 18.7 Å².